The molecule has 1 atom stereocenters. The lowest BCUT2D eigenvalue weighted by molar-refractivity contribution is -0.00978. The SMILES string of the molecule is COCCOCOc1ccccc1CN(CC(CO)N(Cc1ccccc1OCOCCOC)CP(=O)(OC(C)(C)C)OC(C)(C)C)CP(=O)(OC(C)(C)C)OC(C)(C)C. The molecular weight excluding hydrogens is 814 g/mol. The molecule has 0 radical (unpaired) electrons. The Balaban J connectivity index is 2.75. The lowest BCUT2D eigenvalue weighted by atomic mass is 10.1. The van der Waals surface area contributed by atoms with Gasteiger partial charge in [0.15, 0.2) is 13.6 Å². The molecule has 0 saturated heterocycles. The zero-order valence-corrected chi connectivity index (χ0v) is 40.6. The number of hydrogen-bond donors (Lipinski definition) is 1. The predicted octanol–water partition coefficient (Wildman–Crippen LogP) is 8.91. The van der Waals surface area contributed by atoms with Gasteiger partial charge in [-0.1, -0.05) is 36.4 Å². The lowest BCUT2D eigenvalue weighted by Crippen LogP contribution is -2.47. The summed E-state index contributed by atoms with van der Waals surface area (Å²) in [6, 6.07) is 14.2. The molecule has 1 N–H and O–H groups in total. The highest BCUT2D eigenvalue weighted by molar-refractivity contribution is 7.54. The van der Waals surface area contributed by atoms with Crippen molar-refractivity contribution < 1.29 is 60.8 Å². The minimum Gasteiger partial charge on any atom is -0.467 e. The largest absolute Gasteiger partial charge is 0.467 e. The summed E-state index contributed by atoms with van der Waals surface area (Å²) < 4.78 is 88.6. The Morgan fingerprint density at radius 2 is 0.950 bits per heavy atom. The molecule has 1 unspecified atom stereocenters. The minimum absolute atomic E-state index is 0.0120. The van der Waals surface area contributed by atoms with Crippen molar-refractivity contribution in [3.05, 3.63) is 59.7 Å². The summed E-state index contributed by atoms with van der Waals surface area (Å²) >= 11 is 0. The van der Waals surface area contributed by atoms with Gasteiger partial charge in [-0.25, -0.2) is 0 Å². The number of hydrogen-bond acceptors (Lipinski definition) is 15. The molecule has 0 heterocycles. The molecule has 17 heteroatoms. The number of para-hydroxylation sites is 2. The molecule has 2 aromatic carbocycles. The maximum atomic E-state index is 15.0. The molecule has 15 nitrogen and oxygen atoms in total. The van der Waals surface area contributed by atoms with Gasteiger partial charge in [0.1, 0.15) is 24.1 Å². The van der Waals surface area contributed by atoms with E-state index in [2.05, 4.69) is 0 Å². The normalized spacial score (nSPS) is 13.9. The first kappa shape index (κ1) is 54.2. The molecule has 346 valence electrons. The van der Waals surface area contributed by atoms with Gasteiger partial charge in [0.05, 0.1) is 55.4 Å². The van der Waals surface area contributed by atoms with Gasteiger partial charge in [0.25, 0.3) is 0 Å². The zero-order valence-electron chi connectivity index (χ0n) is 38.8. The first-order valence-electron chi connectivity index (χ1n) is 20.4. The molecule has 0 bridgehead atoms. The number of rotatable bonds is 28. The van der Waals surface area contributed by atoms with Crippen LogP contribution in [-0.2, 0) is 59.3 Å². The fourth-order valence-electron chi connectivity index (χ4n) is 5.97. The van der Waals surface area contributed by atoms with Crippen LogP contribution in [0.1, 0.15) is 94.2 Å². The Bertz CT molecular complexity index is 1580. The summed E-state index contributed by atoms with van der Waals surface area (Å²) in [4.78, 5) is 3.78. The number of ether oxygens (including phenoxy) is 6. The van der Waals surface area contributed by atoms with Crippen molar-refractivity contribution in [3.63, 3.8) is 0 Å². The van der Waals surface area contributed by atoms with Gasteiger partial charge >= 0.3 is 15.2 Å². The van der Waals surface area contributed by atoms with Crippen LogP contribution in [0.5, 0.6) is 11.5 Å². The third-order valence-electron chi connectivity index (χ3n) is 7.75. The Morgan fingerprint density at radius 1 is 0.567 bits per heavy atom. The van der Waals surface area contributed by atoms with E-state index < -0.39 is 43.6 Å². The van der Waals surface area contributed by atoms with Crippen LogP contribution in [-0.4, -0.2) is 123 Å². The van der Waals surface area contributed by atoms with E-state index >= 15 is 0 Å². The molecule has 2 aromatic rings. The highest BCUT2D eigenvalue weighted by Gasteiger charge is 2.41. The third-order valence-corrected chi connectivity index (χ3v) is 12.5. The highest BCUT2D eigenvalue weighted by Crippen LogP contribution is 2.56. The van der Waals surface area contributed by atoms with Crippen molar-refractivity contribution in [2.75, 3.05) is 80.0 Å². The standard InChI is InChI=1S/C43H76N2O13P2/c1-40(2,3)55-59(47,56-41(4,5)6)31-44(27-35-19-15-17-21-38(35)53-33-51-25-23-49-13)29-37(30-46)45(32-60(48,57-42(7,8)9)58-43(10,11)12)28-36-20-16-18-22-39(36)54-34-52-26-24-50-14/h15-22,37,46H,23-34H2,1-14H3. The van der Waals surface area contributed by atoms with Crippen LogP contribution in [0.4, 0.5) is 0 Å². The van der Waals surface area contributed by atoms with Crippen molar-refractivity contribution in [1.82, 2.24) is 9.80 Å². The lowest BCUT2D eigenvalue weighted by Gasteiger charge is -2.40. The van der Waals surface area contributed by atoms with Crippen molar-refractivity contribution in [3.8, 4) is 11.5 Å². The number of aliphatic hydroxyl groups is 1. The van der Waals surface area contributed by atoms with Gasteiger partial charge in [-0.05, 0) is 95.2 Å². The molecule has 2 rings (SSSR count). The molecule has 0 aliphatic rings. The van der Waals surface area contributed by atoms with Gasteiger partial charge in [0.2, 0.25) is 0 Å². The molecular formula is C43H76N2O13P2. The van der Waals surface area contributed by atoms with Crippen molar-refractivity contribution in [2.24, 2.45) is 0 Å². The Kier molecular flexibility index (Phi) is 22.4. The van der Waals surface area contributed by atoms with E-state index in [4.69, 9.17) is 46.5 Å². The number of methoxy groups -OCH3 is 2. The Morgan fingerprint density at radius 3 is 1.33 bits per heavy atom. The Labute approximate surface area is 360 Å². The molecule has 0 saturated carbocycles. The number of aliphatic hydroxyl groups excluding tert-OH is 1. The summed E-state index contributed by atoms with van der Waals surface area (Å²) in [6.07, 6.45) is -0.357. The van der Waals surface area contributed by atoms with Crippen LogP contribution in [0.15, 0.2) is 48.5 Å². The van der Waals surface area contributed by atoms with E-state index in [1.807, 2.05) is 141 Å². The van der Waals surface area contributed by atoms with Gasteiger partial charge < -0.3 is 51.6 Å². The first-order chi connectivity index (χ1) is 27.8. The average molecular weight is 891 g/mol. The van der Waals surface area contributed by atoms with Crippen LogP contribution >= 0.6 is 15.2 Å². The summed E-state index contributed by atoms with van der Waals surface area (Å²) in [5.41, 5.74) is -1.83. The molecule has 0 fully saturated rings. The van der Waals surface area contributed by atoms with Crippen LogP contribution in [0.25, 0.3) is 0 Å². The topological polar surface area (TPSA) is 153 Å². The summed E-state index contributed by atoms with van der Waals surface area (Å²) in [5.74, 6) is 1.10. The van der Waals surface area contributed by atoms with Crippen molar-refractivity contribution in [2.45, 2.75) is 125 Å². The third kappa shape index (κ3) is 22.9. The maximum absolute atomic E-state index is 15.0. The van der Waals surface area contributed by atoms with E-state index in [0.717, 1.165) is 11.1 Å². The van der Waals surface area contributed by atoms with Crippen LogP contribution in [0.2, 0.25) is 0 Å². The average Bonchev–Trinajstić information content (AvgIpc) is 3.07. The van der Waals surface area contributed by atoms with Crippen molar-refractivity contribution >= 4 is 15.2 Å². The fraction of sp³-hybridized carbons (Fsp3) is 0.721. The smallest absolute Gasteiger partial charge is 0.345 e. The predicted molar refractivity (Wildman–Crippen MR) is 235 cm³/mol. The summed E-state index contributed by atoms with van der Waals surface area (Å²) in [7, 11) is -4.64. The second-order valence-electron chi connectivity index (χ2n) is 18.5. The van der Waals surface area contributed by atoms with Gasteiger partial charge in [-0.2, -0.15) is 0 Å². The quantitative estimate of drug-likeness (QED) is 0.0491. The van der Waals surface area contributed by atoms with Gasteiger partial charge in [0, 0.05) is 51.0 Å². The van der Waals surface area contributed by atoms with E-state index in [-0.39, 0.29) is 52.4 Å². The van der Waals surface area contributed by atoms with E-state index in [1.165, 1.54) is 0 Å². The monoisotopic (exact) mass is 890 g/mol. The molecule has 0 aromatic heterocycles. The maximum Gasteiger partial charge on any atom is 0.345 e. The first-order valence-corrected chi connectivity index (χ1v) is 23.9. The number of nitrogens with zero attached hydrogens (tertiary/aromatic N) is 2. The van der Waals surface area contributed by atoms with Crippen molar-refractivity contribution in [1.29, 1.82) is 0 Å². The second kappa shape index (κ2) is 24.8. The van der Waals surface area contributed by atoms with Crippen LogP contribution in [0, 0.1) is 0 Å². The minimum atomic E-state index is -3.94. The molecule has 60 heavy (non-hydrogen) atoms. The summed E-state index contributed by atoms with van der Waals surface area (Å²) in [6.45, 7) is 23.4. The molecule has 0 spiro atoms. The molecule has 0 aliphatic carbocycles. The Hall–Kier alpha value is -1.94. The van der Waals surface area contributed by atoms with E-state index in [0.29, 0.717) is 37.9 Å². The van der Waals surface area contributed by atoms with Crippen LogP contribution < -0.4 is 9.47 Å². The highest BCUT2D eigenvalue weighted by atomic mass is 31.2. The fourth-order valence-corrected chi connectivity index (χ4v) is 11.1. The zero-order chi connectivity index (χ0) is 45.3. The second-order valence-corrected chi connectivity index (χ2v) is 22.2. The van der Waals surface area contributed by atoms with Gasteiger partial charge in [-0.15, -0.1) is 0 Å². The van der Waals surface area contributed by atoms with Gasteiger partial charge in [-0.3, -0.25) is 18.9 Å². The summed E-state index contributed by atoms with van der Waals surface area (Å²) in [5, 5.41) is 11.4. The molecule has 0 amide bonds. The van der Waals surface area contributed by atoms with E-state index in [1.54, 1.807) is 14.2 Å². The number of benzene rings is 2. The molecule has 0 aliphatic heterocycles. The van der Waals surface area contributed by atoms with E-state index in [9.17, 15) is 14.2 Å². The van der Waals surface area contributed by atoms with Crippen LogP contribution in [0.3, 0.4) is 0 Å².